The van der Waals surface area contributed by atoms with E-state index in [2.05, 4.69) is 0 Å². The predicted octanol–water partition coefficient (Wildman–Crippen LogP) is 9.18. The van der Waals surface area contributed by atoms with Crippen molar-refractivity contribution < 1.29 is 29.4 Å². The van der Waals surface area contributed by atoms with E-state index in [0.29, 0.717) is 0 Å². The minimum absolute atomic E-state index is 0.155. The van der Waals surface area contributed by atoms with E-state index in [-0.39, 0.29) is 54.2 Å². The van der Waals surface area contributed by atoms with Gasteiger partial charge in [-0.3, -0.25) is 0 Å². The summed E-state index contributed by atoms with van der Waals surface area (Å²) in [4.78, 5) is 0. The molecule has 0 saturated heterocycles. The summed E-state index contributed by atoms with van der Waals surface area (Å²) in [5, 5.41) is -2.26. The Labute approximate surface area is 216 Å². The van der Waals surface area contributed by atoms with E-state index in [1.807, 2.05) is 0 Å². The zero-order valence-electron chi connectivity index (χ0n) is 34.4. The monoisotopic (exact) mass is 436 g/mol. The fourth-order valence-corrected chi connectivity index (χ4v) is 4.42. The van der Waals surface area contributed by atoms with Crippen LogP contribution < -0.4 is 4.74 Å². The van der Waals surface area contributed by atoms with Gasteiger partial charge in [-0.1, -0.05) is 96.7 Å². The number of fused-ring (bicyclic) bond motifs is 2. The van der Waals surface area contributed by atoms with Crippen LogP contribution in [0.15, 0.2) is 109 Å². The normalized spacial score (nSPS) is 20.1. The first-order valence-electron chi connectivity index (χ1n) is 18.9. The van der Waals surface area contributed by atoms with Crippen LogP contribution in [0.5, 0.6) is 11.5 Å². The number of rotatable bonds is 1. The maximum Gasteiger partial charge on any atom is 0.135 e. The second kappa shape index (κ2) is 6.11. The molecule has 0 N–H and O–H groups in total. The van der Waals surface area contributed by atoms with Gasteiger partial charge in [0.05, 0.1) is 24.7 Å². The van der Waals surface area contributed by atoms with Gasteiger partial charge in [-0.2, -0.15) is 0 Å². The molecule has 0 saturated carbocycles. The molecule has 8 rings (SSSR count). The Morgan fingerprint density at radius 3 is 1.91 bits per heavy atom. The van der Waals surface area contributed by atoms with Crippen LogP contribution in [0.2, 0.25) is 0 Å². The van der Waals surface area contributed by atoms with Crippen LogP contribution in [0.1, 0.15) is 24.7 Å². The van der Waals surface area contributed by atoms with Crippen LogP contribution in [0.25, 0.3) is 65.3 Å². The third-order valence-electron chi connectivity index (χ3n) is 5.82. The Kier molecular flexibility index (Phi) is 1.41. The highest BCUT2D eigenvalue weighted by Crippen LogP contribution is 2.49. The van der Waals surface area contributed by atoms with Crippen LogP contribution in [0, 0.1) is 0 Å². The van der Waals surface area contributed by atoms with Crippen molar-refractivity contribution >= 4 is 43.1 Å². The predicted molar refractivity (Wildman–Crippen MR) is 139 cm³/mol. The van der Waals surface area contributed by atoms with Crippen molar-refractivity contribution in [2.45, 2.75) is 0 Å². The average molecular weight is 437 g/mol. The van der Waals surface area contributed by atoms with Gasteiger partial charge in [-0.15, -0.1) is 0 Å². The summed E-state index contributed by atoms with van der Waals surface area (Å²) in [6.45, 7) is 0. The first-order valence-corrected chi connectivity index (χ1v) is 9.91. The molecule has 0 radical (unpaired) electrons. The number of para-hydroxylation sites is 1. The van der Waals surface area contributed by atoms with E-state index in [9.17, 15) is 2.74 Å². The Morgan fingerprint density at radius 1 is 0.394 bits per heavy atom. The quantitative estimate of drug-likeness (QED) is 0.233. The van der Waals surface area contributed by atoms with Gasteiger partial charge in [0, 0.05) is 10.9 Å². The third kappa shape index (κ3) is 2.21. The van der Waals surface area contributed by atoms with Crippen molar-refractivity contribution in [2.75, 3.05) is 0 Å². The highest BCUT2D eigenvalue weighted by Gasteiger charge is 2.22. The van der Waals surface area contributed by atoms with Gasteiger partial charge in [0.1, 0.15) is 11.5 Å². The maximum absolute atomic E-state index is 9.21. The van der Waals surface area contributed by atoms with Gasteiger partial charge < -0.3 is 4.74 Å². The lowest BCUT2D eigenvalue weighted by atomic mass is 9.86. The van der Waals surface area contributed by atoms with Crippen molar-refractivity contribution in [2.24, 2.45) is 0 Å². The lowest BCUT2D eigenvalue weighted by molar-refractivity contribution is 0.487. The molecular formula is C32H18O. The number of hydrogen-bond donors (Lipinski definition) is 0. The lowest BCUT2D eigenvalue weighted by Gasteiger charge is -2.23. The van der Waals surface area contributed by atoms with E-state index < -0.39 is 131 Å². The fourth-order valence-electron chi connectivity index (χ4n) is 4.42. The van der Waals surface area contributed by atoms with E-state index in [1.165, 1.54) is 0 Å². The summed E-state index contributed by atoms with van der Waals surface area (Å²) in [6.07, 6.45) is 0. The van der Waals surface area contributed by atoms with Crippen molar-refractivity contribution in [1.29, 1.82) is 0 Å². The Morgan fingerprint density at radius 2 is 1.03 bits per heavy atom. The lowest BCUT2D eigenvalue weighted by Crippen LogP contribution is -1.97. The Hall–Kier alpha value is -4.36. The molecule has 1 heterocycles. The van der Waals surface area contributed by atoms with Gasteiger partial charge in [0.15, 0.2) is 0 Å². The van der Waals surface area contributed by atoms with Crippen molar-refractivity contribution in [3.63, 3.8) is 0 Å². The molecule has 0 spiro atoms. The minimum Gasteiger partial charge on any atom is -0.456 e. The van der Waals surface area contributed by atoms with Crippen molar-refractivity contribution in [3.05, 3.63) is 109 Å². The van der Waals surface area contributed by atoms with E-state index in [0.717, 1.165) is 0 Å². The van der Waals surface area contributed by atoms with Crippen LogP contribution in [0.4, 0.5) is 0 Å². The molecule has 7 aromatic rings. The van der Waals surface area contributed by atoms with Gasteiger partial charge in [0.2, 0.25) is 0 Å². The number of ether oxygens (including phenoxy) is 1. The topological polar surface area (TPSA) is 9.23 Å². The molecule has 0 aliphatic carbocycles. The number of benzene rings is 7. The SMILES string of the molecule is [2H]c1c([2H])c([2H])c2c(c1[2H])Oc1c([2H])c([2H])c(-c3c([2H])c([2H])c4c([2H])c([2H])c5c([2H])c([2H])c([2H])c6c([2H])c([2H])c3c4c56)c3c([2H])c([2H])c([2H])c-2c13. The summed E-state index contributed by atoms with van der Waals surface area (Å²) >= 11 is 0. The smallest absolute Gasteiger partial charge is 0.135 e. The molecule has 1 aliphatic heterocycles. The van der Waals surface area contributed by atoms with Crippen LogP contribution in [-0.4, -0.2) is 0 Å². The fraction of sp³-hybridized carbons (Fsp3) is 0. The largest absolute Gasteiger partial charge is 0.456 e. The zero-order chi connectivity index (χ0) is 37.2. The van der Waals surface area contributed by atoms with Crippen molar-refractivity contribution in [1.82, 2.24) is 0 Å². The minimum atomic E-state index is -0.754. The molecule has 1 nitrogen and oxygen atoms in total. The van der Waals surface area contributed by atoms with Crippen molar-refractivity contribution in [3.8, 4) is 33.8 Å². The van der Waals surface area contributed by atoms with Crippen LogP contribution >= 0.6 is 0 Å². The first kappa shape index (κ1) is 7.60. The average Bonchev–Trinajstić information content (AvgIpc) is 3.10. The molecule has 0 unspecified atom stereocenters. The third-order valence-corrected chi connectivity index (χ3v) is 5.82. The molecule has 0 aromatic heterocycles. The summed E-state index contributed by atoms with van der Waals surface area (Å²) in [5.41, 5.74) is -1.57. The molecule has 0 bridgehead atoms. The Balaban J connectivity index is 1.71. The standard InChI is InChI=1S/C32H18O/c1-2-10-28-24(7-1)26-9-4-8-25-23(17-18-29(33-28)32(25)26)22-15-13-21-12-11-19-5-3-6-20-14-16-27(22)31(21)30(19)20/h1-18H/i1D,2D,3D,4D,5D,6D,7D,8D,9D,10D,11D,12D,13D,14D,15D,16D,17D,18D. The summed E-state index contributed by atoms with van der Waals surface area (Å²) < 4.78 is 164. The molecule has 1 aliphatic rings. The maximum atomic E-state index is 9.21. The molecule has 1 heteroatoms. The van der Waals surface area contributed by atoms with Gasteiger partial charge in [-0.25, -0.2) is 0 Å². The summed E-state index contributed by atoms with van der Waals surface area (Å²) in [5.74, 6) is -0.935. The van der Waals surface area contributed by atoms with E-state index in [1.54, 1.807) is 0 Å². The van der Waals surface area contributed by atoms with E-state index in [4.69, 9.17) is 26.7 Å². The summed E-state index contributed by atoms with van der Waals surface area (Å²) in [7, 11) is 0. The van der Waals surface area contributed by atoms with Gasteiger partial charge >= 0.3 is 0 Å². The second-order valence-electron chi connectivity index (χ2n) is 7.51. The Bertz CT molecular complexity index is 2840. The zero-order valence-corrected chi connectivity index (χ0v) is 16.4. The molecular weight excluding hydrogens is 400 g/mol. The van der Waals surface area contributed by atoms with Crippen LogP contribution in [-0.2, 0) is 0 Å². The second-order valence-corrected chi connectivity index (χ2v) is 7.51. The molecule has 0 amide bonds. The summed E-state index contributed by atoms with van der Waals surface area (Å²) in [6, 6.07) is -12.1. The highest BCUT2D eigenvalue weighted by atomic mass is 16.5. The molecule has 152 valence electrons. The number of hydrogen-bond acceptors (Lipinski definition) is 1. The highest BCUT2D eigenvalue weighted by molar-refractivity contribution is 6.26. The molecule has 0 atom stereocenters. The molecule has 7 aromatic carbocycles. The molecule has 33 heavy (non-hydrogen) atoms. The van der Waals surface area contributed by atoms with Crippen LogP contribution in [0.3, 0.4) is 0 Å². The molecule has 0 fully saturated rings. The van der Waals surface area contributed by atoms with Gasteiger partial charge in [-0.05, 0) is 66.5 Å². The van der Waals surface area contributed by atoms with E-state index >= 15 is 0 Å². The van der Waals surface area contributed by atoms with Gasteiger partial charge in [0.25, 0.3) is 0 Å². The first-order chi connectivity index (χ1) is 23.9.